The van der Waals surface area contributed by atoms with E-state index in [2.05, 4.69) is 5.32 Å². The Hall–Kier alpha value is -1.10. The van der Waals surface area contributed by atoms with E-state index in [1.165, 1.54) is 6.92 Å². The van der Waals surface area contributed by atoms with Gasteiger partial charge in [0, 0.05) is 20.0 Å². The van der Waals surface area contributed by atoms with E-state index in [9.17, 15) is 14.7 Å². The second kappa shape index (κ2) is 6.18. The molecule has 0 aromatic carbocycles. The van der Waals surface area contributed by atoms with E-state index in [-0.39, 0.29) is 23.7 Å². The molecule has 2 amide bonds. The number of likely N-dealkylation sites (tertiary alicyclic amines) is 1. The Morgan fingerprint density at radius 2 is 2.00 bits per heavy atom. The van der Waals surface area contributed by atoms with Crippen molar-refractivity contribution in [2.24, 2.45) is 11.8 Å². The number of hydrogen-bond acceptors (Lipinski definition) is 3. The minimum absolute atomic E-state index is 0.0397. The first-order valence-corrected chi connectivity index (χ1v) is 6.57. The summed E-state index contributed by atoms with van der Waals surface area (Å²) >= 11 is 0. The lowest BCUT2D eigenvalue weighted by Gasteiger charge is -2.37. The molecule has 2 N–H and O–H groups in total. The van der Waals surface area contributed by atoms with Crippen molar-refractivity contribution in [2.75, 3.05) is 13.1 Å². The van der Waals surface area contributed by atoms with Crippen molar-refractivity contribution < 1.29 is 14.7 Å². The van der Waals surface area contributed by atoms with Crippen LogP contribution in [0, 0.1) is 11.8 Å². The number of aliphatic hydroxyl groups excluding tert-OH is 1. The van der Waals surface area contributed by atoms with Crippen LogP contribution in [-0.4, -0.2) is 47.1 Å². The first kappa shape index (κ1) is 15.0. The molecular formula is C13H24N2O3. The number of nitrogens with zero attached hydrogens (tertiary/aromatic N) is 1. The van der Waals surface area contributed by atoms with Crippen LogP contribution in [0.4, 0.5) is 0 Å². The van der Waals surface area contributed by atoms with Gasteiger partial charge in [-0.1, -0.05) is 20.8 Å². The van der Waals surface area contributed by atoms with Gasteiger partial charge in [-0.3, -0.25) is 9.59 Å². The molecule has 104 valence electrons. The summed E-state index contributed by atoms with van der Waals surface area (Å²) in [5.74, 6) is -0.0238. The first-order chi connectivity index (χ1) is 8.32. The quantitative estimate of drug-likeness (QED) is 0.767. The summed E-state index contributed by atoms with van der Waals surface area (Å²) in [6, 6.07) is -0.497. The van der Waals surface area contributed by atoms with E-state index in [0.29, 0.717) is 13.1 Å². The molecule has 1 aliphatic rings. The Labute approximate surface area is 109 Å². The molecule has 1 fully saturated rings. The standard InChI is InChI=1S/C13H24N2O3/c1-8(2)12(14-10(4)16)13(18)15-6-5-9(3)11(17)7-15/h8-9,11-12,17H,5-7H2,1-4H3,(H,14,16). The number of nitrogens with one attached hydrogen (secondary N) is 1. The number of rotatable bonds is 3. The van der Waals surface area contributed by atoms with Gasteiger partial charge in [0.25, 0.3) is 0 Å². The van der Waals surface area contributed by atoms with E-state index in [1.54, 1.807) is 4.90 Å². The number of carbonyl (C=O) groups is 2. The monoisotopic (exact) mass is 256 g/mol. The highest BCUT2D eigenvalue weighted by molar-refractivity contribution is 5.87. The first-order valence-electron chi connectivity index (χ1n) is 6.57. The maximum absolute atomic E-state index is 12.3. The smallest absolute Gasteiger partial charge is 0.245 e. The second-order valence-corrected chi connectivity index (χ2v) is 5.54. The third kappa shape index (κ3) is 3.70. The molecule has 0 aromatic heterocycles. The molecule has 5 nitrogen and oxygen atoms in total. The fraction of sp³-hybridized carbons (Fsp3) is 0.846. The van der Waals surface area contributed by atoms with Crippen molar-refractivity contribution in [1.29, 1.82) is 0 Å². The zero-order valence-electron chi connectivity index (χ0n) is 11.6. The summed E-state index contributed by atoms with van der Waals surface area (Å²) in [7, 11) is 0. The number of piperidine rings is 1. The Balaban J connectivity index is 2.68. The van der Waals surface area contributed by atoms with Crippen LogP contribution in [0.15, 0.2) is 0 Å². The van der Waals surface area contributed by atoms with Crippen LogP contribution in [0.3, 0.4) is 0 Å². The predicted octanol–water partition coefficient (Wildman–Crippen LogP) is 0.376. The van der Waals surface area contributed by atoms with Gasteiger partial charge in [-0.25, -0.2) is 0 Å². The normalized spacial score (nSPS) is 26.0. The van der Waals surface area contributed by atoms with Crippen LogP contribution >= 0.6 is 0 Å². The molecule has 0 bridgehead atoms. The van der Waals surface area contributed by atoms with Crippen molar-refractivity contribution in [2.45, 2.75) is 46.3 Å². The molecule has 18 heavy (non-hydrogen) atoms. The van der Waals surface area contributed by atoms with E-state index in [4.69, 9.17) is 0 Å². The fourth-order valence-corrected chi connectivity index (χ4v) is 2.18. The van der Waals surface area contributed by atoms with Gasteiger partial charge < -0.3 is 15.3 Å². The Morgan fingerprint density at radius 3 is 2.44 bits per heavy atom. The number of carbonyl (C=O) groups excluding carboxylic acids is 2. The average Bonchev–Trinajstić information content (AvgIpc) is 2.28. The molecule has 0 aliphatic carbocycles. The van der Waals surface area contributed by atoms with Crippen LogP contribution in [0.2, 0.25) is 0 Å². The molecule has 5 heteroatoms. The Morgan fingerprint density at radius 1 is 1.39 bits per heavy atom. The predicted molar refractivity (Wildman–Crippen MR) is 68.8 cm³/mol. The van der Waals surface area contributed by atoms with Crippen LogP contribution in [0.1, 0.15) is 34.1 Å². The molecule has 3 atom stereocenters. The lowest BCUT2D eigenvalue weighted by atomic mass is 9.94. The van der Waals surface area contributed by atoms with E-state index in [1.807, 2.05) is 20.8 Å². The van der Waals surface area contributed by atoms with Crippen LogP contribution in [0.25, 0.3) is 0 Å². The van der Waals surface area contributed by atoms with E-state index >= 15 is 0 Å². The van der Waals surface area contributed by atoms with E-state index < -0.39 is 12.1 Å². The topological polar surface area (TPSA) is 69.6 Å². The van der Waals surface area contributed by atoms with Gasteiger partial charge in [0.05, 0.1) is 6.10 Å². The molecule has 0 spiro atoms. The largest absolute Gasteiger partial charge is 0.391 e. The molecule has 0 radical (unpaired) electrons. The average molecular weight is 256 g/mol. The van der Waals surface area contributed by atoms with Gasteiger partial charge in [0.1, 0.15) is 6.04 Å². The third-order valence-electron chi connectivity index (χ3n) is 3.52. The number of hydrogen-bond donors (Lipinski definition) is 2. The minimum atomic E-state index is -0.497. The molecular weight excluding hydrogens is 232 g/mol. The van der Waals surface area contributed by atoms with Crippen LogP contribution in [-0.2, 0) is 9.59 Å². The van der Waals surface area contributed by atoms with Gasteiger partial charge >= 0.3 is 0 Å². The molecule has 1 heterocycles. The second-order valence-electron chi connectivity index (χ2n) is 5.54. The fourth-order valence-electron chi connectivity index (χ4n) is 2.18. The van der Waals surface area contributed by atoms with Crippen LogP contribution < -0.4 is 5.32 Å². The molecule has 3 unspecified atom stereocenters. The van der Waals surface area contributed by atoms with Gasteiger partial charge in [-0.2, -0.15) is 0 Å². The van der Waals surface area contributed by atoms with Gasteiger partial charge in [0.2, 0.25) is 11.8 Å². The van der Waals surface area contributed by atoms with Crippen molar-refractivity contribution in [3.63, 3.8) is 0 Å². The number of β-amino-alcohol motifs (C(OH)–C–C–N with tert-alkyl or cyclic N) is 1. The Bertz CT molecular complexity index is 317. The molecule has 1 aliphatic heterocycles. The van der Waals surface area contributed by atoms with Gasteiger partial charge in [-0.15, -0.1) is 0 Å². The summed E-state index contributed by atoms with van der Waals surface area (Å²) in [5, 5.41) is 12.5. The minimum Gasteiger partial charge on any atom is -0.391 e. The zero-order chi connectivity index (χ0) is 13.9. The molecule has 1 saturated heterocycles. The summed E-state index contributed by atoms with van der Waals surface area (Å²) in [5.41, 5.74) is 0. The lowest BCUT2D eigenvalue weighted by molar-refractivity contribution is -0.141. The van der Waals surface area contributed by atoms with Crippen molar-refractivity contribution in [3.05, 3.63) is 0 Å². The maximum atomic E-state index is 12.3. The number of aliphatic hydroxyl groups is 1. The highest BCUT2D eigenvalue weighted by Crippen LogP contribution is 2.18. The van der Waals surface area contributed by atoms with E-state index in [0.717, 1.165) is 6.42 Å². The summed E-state index contributed by atoms with van der Waals surface area (Å²) < 4.78 is 0. The van der Waals surface area contributed by atoms with Gasteiger partial charge in [-0.05, 0) is 18.3 Å². The van der Waals surface area contributed by atoms with Crippen molar-refractivity contribution >= 4 is 11.8 Å². The highest BCUT2D eigenvalue weighted by atomic mass is 16.3. The number of amides is 2. The molecule has 0 saturated carbocycles. The third-order valence-corrected chi connectivity index (χ3v) is 3.52. The highest BCUT2D eigenvalue weighted by Gasteiger charge is 2.32. The summed E-state index contributed by atoms with van der Waals surface area (Å²) in [6.45, 7) is 8.22. The summed E-state index contributed by atoms with van der Waals surface area (Å²) in [4.78, 5) is 25.1. The van der Waals surface area contributed by atoms with Crippen molar-refractivity contribution in [1.82, 2.24) is 10.2 Å². The van der Waals surface area contributed by atoms with Crippen molar-refractivity contribution in [3.8, 4) is 0 Å². The SMILES string of the molecule is CC(=O)NC(C(=O)N1CCC(C)C(O)C1)C(C)C. The molecule has 1 rings (SSSR count). The molecule has 0 aromatic rings. The summed E-state index contributed by atoms with van der Waals surface area (Å²) in [6.07, 6.45) is 0.338. The van der Waals surface area contributed by atoms with Crippen LogP contribution in [0.5, 0.6) is 0 Å². The van der Waals surface area contributed by atoms with Gasteiger partial charge in [0.15, 0.2) is 0 Å². The lowest BCUT2D eigenvalue weighted by Crippen LogP contribution is -2.55. The zero-order valence-corrected chi connectivity index (χ0v) is 11.6. The maximum Gasteiger partial charge on any atom is 0.245 e. The Kier molecular flexibility index (Phi) is 5.14.